The van der Waals surface area contributed by atoms with Gasteiger partial charge < -0.3 is 4.90 Å². The van der Waals surface area contributed by atoms with Gasteiger partial charge in [0.05, 0.1) is 22.5 Å². The first-order valence-corrected chi connectivity index (χ1v) is 7.07. The number of piperazine rings is 1. The molecule has 132 valence electrons. The highest BCUT2D eigenvalue weighted by molar-refractivity contribution is 5.67. The van der Waals surface area contributed by atoms with Crippen LogP contribution in [0.2, 0.25) is 0 Å². The molecule has 24 heavy (non-hydrogen) atoms. The summed E-state index contributed by atoms with van der Waals surface area (Å²) in [6, 6.07) is 2.81. The van der Waals surface area contributed by atoms with Gasteiger partial charge in [-0.1, -0.05) is 0 Å². The second-order valence-corrected chi connectivity index (χ2v) is 5.57. The normalized spacial score (nSPS) is 19.3. The molecule has 2 rings (SSSR count). The smallest absolute Gasteiger partial charge is 0.363 e. The van der Waals surface area contributed by atoms with E-state index >= 15 is 0 Å². The van der Waals surface area contributed by atoms with E-state index in [1.165, 1.54) is 11.0 Å². The summed E-state index contributed by atoms with van der Waals surface area (Å²) in [6.45, 7) is 0.988. The third-order valence-corrected chi connectivity index (χ3v) is 3.85. The zero-order chi connectivity index (χ0) is 18.1. The summed E-state index contributed by atoms with van der Waals surface area (Å²) in [5.74, 6) is 0. The van der Waals surface area contributed by atoms with Gasteiger partial charge in [0.2, 0.25) is 0 Å². The predicted octanol–water partition coefficient (Wildman–Crippen LogP) is 2.58. The van der Waals surface area contributed by atoms with Gasteiger partial charge in [-0.2, -0.15) is 13.2 Å². The maximum atomic E-state index is 12.5. The lowest BCUT2D eigenvalue weighted by Gasteiger charge is -2.40. The fourth-order valence-electron chi connectivity index (χ4n) is 2.72. The van der Waals surface area contributed by atoms with E-state index in [1.807, 2.05) is 0 Å². The first-order valence-electron chi connectivity index (χ1n) is 7.07. The molecule has 8 nitrogen and oxygen atoms in total. The minimum atomic E-state index is -4.31. The van der Waals surface area contributed by atoms with Crippen LogP contribution in [0.15, 0.2) is 18.2 Å². The number of rotatable bonds is 4. The van der Waals surface area contributed by atoms with Crippen molar-refractivity contribution in [3.63, 3.8) is 0 Å². The van der Waals surface area contributed by atoms with Gasteiger partial charge in [-0.15, -0.1) is 0 Å². The molecule has 1 heterocycles. The van der Waals surface area contributed by atoms with Gasteiger partial charge in [0, 0.05) is 31.7 Å². The molecule has 1 aliphatic rings. The van der Waals surface area contributed by atoms with Crippen molar-refractivity contribution in [1.82, 2.24) is 4.90 Å². The van der Waals surface area contributed by atoms with Crippen molar-refractivity contribution in [2.75, 3.05) is 31.1 Å². The standard InChI is InChI=1S/C13H15F3N4O4/c1-9-7-17(4-5-18(9)8-13(14,15)16)11-3-2-10(19(21)22)6-12(11)20(23)24/h2-3,6,9H,4-5,7-8H2,1H3. The number of nitrogens with zero attached hydrogens (tertiary/aromatic N) is 4. The van der Waals surface area contributed by atoms with Crippen LogP contribution in [0.3, 0.4) is 0 Å². The van der Waals surface area contributed by atoms with Crippen molar-refractivity contribution in [2.24, 2.45) is 0 Å². The van der Waals surface area contributed by atoms with E-state index in [2.05, 4.69) is 0 Å². The van der Waals surface area contributed by atoms with E-state index in [1.54, 1.807) is 11.8 Å². The third kappa shape index (κ3) is 4.10. The van der Waals surface area contributed by atoms with Crippen LogP contribution in [0.5, 0.6) is 0 Å². The van der Waals surface area contributed by atoms with Crippen LogP contribution in [0.25, 0.3) is 0 Å². The molecule has 1 fully saturated rings. The summed E-state index contributed by atoms with van der Waals surface area (Å²) >= 11 is 0. The van der Waals surface area contributed by atoms with Gasteiger partial charge in [0.25, 0.3) is 11.4 Å². The summed E-state index contributed by atoms with van der Waals surface area (Å²) in [7, 11) is 0. The monoisotopic (exact) mass is 348 g/mol. The Morgan fingerprint density at radius 1 is 1.21 bits per heavy atom. The topological polar surface area (TPSA) is 92.8 Å². The van der Waals surface area contributed by atoms with Crippen molar-refractivity contribution >= 4 is 17.1 Å². The molecule has 0 spiro atoms. The highest BCUT2D eigenvalue weighted by atomic mass is 19.4. The minimum Gasteiger partial charge on any atom is -0.363 e. The van der Waals surface area contributed by atoms with Crippen LogP contribution in [-0.2, 0) is 0 Å². The molecule has 1 unspecified atom stereocenters. The molecule has 0 bridgehead atoms. The summed E-state index contributed by atoms with van der Waals surface area (Å²) in [4.78, 5) is 23.3. The second kappa shape index (κ2) is 6.59. The molecule has 11 heteroatoms. The number of nitro groups is 2. The molecule has 1 saturated heterocycles. The SMILES string of the molecule is CC1CN(c2ccc([N+](=O)[O-])cc2[N+](=O)[O-])CCN1CC(F)(F)F. The Hall–Kier alpha value is -2.43. The summed E-state index contributed by atoms with van der Waals surface area (Å²) in [6.07, 6.45) is -4.31. The lowest BCUT2D eigenvalue weighted by atomic mass is 10.1. The van der Waals surface area contributed by atoms with Crippen LogP contribution in [-0.4, -0.2) is 53.1 Å². The number of halogens is 3. The Bertz CT molecular complexity index is 653. The first-order chi connectivity index (χ1) is 11.1. The van der Waals surface area contributed by atoms with Crippen LogP contribution in [0.1, 0.15) is 6.92 Å². The van der Waals surface area contributed by atoms with Gasteiger partial charge in [-0.25, -0.2) is 0 Å². The van der Waals surface area contributed by atoms with Crippen LogP contribution in [0.4, 0.5) is 30.2 Å². The zero-order valence-corrected chi connectivity index (χ0v) is 12.7. The fourth-order valence-corrected chi connectivity index (χ4v) is 2.72. The number of nitro benzene ring substituents is 2. The van der Waals surface area contributed by atoms with Crippen molar-refractivity contribution in [1.29, 1.82) is 0 Å². The van der Waals surface area contributed by atoms with E-state index in [-0.39, 0.29) is 25.3 Å². The Balaban J connectivity index is 2.21. The number of benzene rings is 1. The molecular formula is C13H15F3N4O4. The summed E-state index contributed by atoms with van der Waals surface area (Å²) in [5, 5.41) is 21.9. The molecule has 0 aromatic heterocycles. The Labute approximate surface area is 134 Å². The molecule has 0 aliphatic carbocycles. The summed E-state index contributed by atoms with van der Waals surface area (Å²) in [5.41, 5.74) is -0.668. The van der Waals surface area contributed by atoms with E-state index in [9.17, 15) is 33.4 Å². The lowest BCUT2D eigenvalue weighted by Crippen LogP contribution is -2.54. The van der Waals surface area contributed by atoms with E-state index in [4.69, 9.17) is 0 Å². The van der Waals surface area contributed by atoms with Crippen molar-refractivity contribution < 1.29 is 23.0 Å². The lowest BCUT2D eigenvalue weighted by molar-refractivity contribution is -0.393. The Kier molecular flexibility index (Phi) is 4.92. The maximum absolute atomic E-state index is 12.5. The molecule has 0 amide bonds. The average Bonchev–Trinajstić information content (AvgIpc) is 2.47. The van der Waals surface area contributed by atoms with Gasteiger partial charge >= 0.3 is 6.18 Å². The number of anilines is 1. The van der Waals surface area contributed by atoms with Gasteiger partial charge in [-0.05, 0) is 13.0 Å². The summed E-state index contributed by atoms with van der Waals surface area (Å²) < 4.78 is 37.5. The van der Waals surface area contributed by atoms with Gasteiger partial charge in [0.1, 0.15) is 5.69 Å². The minimum absolute atomic E-state index is 0.0921. The van der Waals surface area contributed by atoms with Crippen LogP contribution in [0, 0.1) is 20.2 Å². The molecule has 0 N–H and O–H groups in total. The maximum Gasteiger partial charge on any atom is 0.401 e. The predicted molar refractivity (Wildman–Crippen MR) is 79.1 cm³/mol. The quantitative estimate of drug-likeness (QED) is 0.613. The molecule has 1 atom stereocenters. The highest BCUT2D eigenvalue weighted by Gasteiger charge is 2.36. The molecule has 0 radical (unpaired) electrons. The molecule has 0 saturated carbocycles. The number of non-ortho nitro benzene ring substituents is 1. The van der Waals surface area contributed by atoms with E-state index in [0.29, 0.717) is 0 Å². The molecule has 1 aromatic carbocycles. The first kappa shape index (κ1) is 17.9. The molecule has 1 aromatic rings. The van der Waals surface area contributed by atoms with Gasteiger partial charge in [0.15, 0.2) is 0 Å². The van der Waals surface area contributed by atoms with E-state index in [0.717, 1.165) is 12.1 Å². The van der Waals surface area contributed by atoms with Crippen molar-refractivity contribution in [3.05, 3.63) is 38.4 Å². The zero-order valence-electron chi connectivity index (χ0n) is 12.7. The fraction of sp³-hybridized carbons (Fsp3) is 0.538. The Morgan fingerprint density at radius 3 is 2.38 bits per heavy atom. The second-order valence-electron chi connectivity index (χ2n) is 5.57. The van der Waals surface area contributed by atoms with E-state index < -0.39 is 40.0 Å². The number of alkyl halides is 3. The largest absolute Gasteiger partial charge is 0.401 e. The van der Waals surface area contributed by atoms with Crippen molar-refractivity contribution in [3.8, 4) is 0 Å². The molecular weight excluding hydrogens is 333 g/mol. The number of hydrogen-bond donors (Lipinski definition) is 0. The highest BCUT2D eigenvalue weighted by Crippen LogP contribution is 2.33. The van der Waals surface area contributed by atoms with Gasteiger partial charge in [-0.3, -0.25) is 25.1 Å². The molecule has 1 aliphatic heterocycles. The van der Waals surface area contributed by atoms with Crippen LogP contribution < -0.4 is 4.90 Å². The van der Waals surface area contributed by atoms with Crippen LogP contribution >= 0.6 is 0 Å². The average molecular weight is 348 g/mol. The van der Waals surface area contributed by atoms with Crippen molar-refractivity contribution in [2.45, 2.75) is 19.1 Å². The Morgan fingerprint density at radius 2 is 1.88 bits per heavy atom. The third-order valence-electron chi connectivity index (χ3n) is 3.85. The number of hydrogen-bond acceptors (Lipinski definition) is 6.